The lowest BCUT2D eigenvalue weighted by molar-refractivity contribution is -0.152. The van der Waals surface area contributed by atoms with E-state index in [9.17, 15) is 19.2 Å². The normalized spacial score (nSPS) is 19.8. The van der Waals surface area contributed by atoms with E-state index in [0.29, 0.717) is 37.5 Å². The molecule has 0 unspecified atom stereocenters. The van der Waals surface area contributed by atoms with Gasteiger partial charge in [-0.05, 0) is 62.8 Å². The molecule has 38 heavy (non-hydrogen) atoms. The van der Waals surface area contributed by atoms with Crippen molar-refractivity contribution >= 4 is 35.4 Å². The van der Waals surface area contributed by atoms with Crippen LogP contribution in [0.5, 0.6) is 5.75 Å². The predicted molar refractivity (Wildman–Crippen MR) is 139 cm³/mol. The van der Waals surface area contributed by atoms with Crippen LogP contribution in [0, 0.1) is 0 Å². The van der Waals surface area contributed by atoms with Gasteiger partial charge in [-0.1, -0.05) is 18.0 Å². The summed E-state index contributed by atoms with van der Waals surface area (Å²) in [5.74, 6) is -0.130. The zero-order chi connectivity index (χ0) is 26.9. The van der Waals surface area contributed by atoms with Crippen LogP contribution in [0.2, 0.25) is 0 Å². The number of ketones is 1. The molecule has 0 spiro atoms. The van der Waals surface area contributed by atoms with Gasteiger partial charge in [0, 0.05) is 37.8 Å². The maximum absolute atomic E-state index is 12.8. The lowest BCUT2D eigenvalue weighted by atomic mass is 9.98. The van der Waals surface area contributed by atoms with Crippen molar-refractivity contribution in [2.45, 2.75) is 57.1 Å². The van der Waals surface area contributed by atoms with E-state index in [1.165, 1.54) is 6.42 Å². The van der Waals surface area contributed by atoms with Crippen LogP contribution in [0.3, 0.4) is 0 Å². The monoisotopic (exact) mass is 549 g/mol. The highest BCUT2D eigenvalue weighted by Gasteiger charge is 2.33. The van der Waals surface area contributed by atoms with Gasteiger partial charge in [0.1, 0.15) is 11.9 Å². The van der Waals surface area contributed by atoms with Crippen LogP contribution >= 0.6 is 11.6 Å². The van der Waals surface area contributed by atoms with Crippen molar-refractivity contribution in [1.29, 1.82) is 0 Å². The standard InChI is InChI=1S/C27H36ClN3O7/c28-19-37-27(35)29-12-10-21(11-13-29)30-14-15-31(25(33)17-30)16-24(32)20-6-8-22(9-7-20)36-18-26(34)38-23-4-2-1-3-5-23/h6-9,21,23H,1-5,10-19H2. The van der Waals surface area contributed by atoms with Crippen molar-refractivity contribution in [3.8, 4) is 5.75 Å². The van der Waals surface area contributed by atoms with Crippen LogP contribution in [0.25, 0.3) is 0 Å². The first kappa shape index (κ1) is 28.2. The second-order valence-corrected chi connectivity index (χ2v) is 10.2. The molecule has 2 saturated heterocycles. The molecule has 0 aromatic heterocycles. The quantitative estimate of drug-likeness (QED) is 0.263. The number of nitrogens with zero attached hydrogens (tertiary/aromatic N) is 3. The van der Waals surface area contributed by atoms with Crippen molar-refractivity contribution in [2.24, 2.45) is 0 Å². The van der Waals surface area contributed by atoms with Gasteiger partial charge >= 0.3 is 12.1 Å². The molecular weight excluding hydrogens is 514 g/mol. The molecule has 11 heteroatoms. The molecule has 3 fully saturated rings. The van der Waals surface area contributed by atoms with Crippen molar-refractivity contribution in [1.82, 2.24) is 14.7 Å². The SMILES string of the molecule is O=C(COc1ccc(C(=O)CN2CCN(C3CCN(C(=O)OCCl)CC3)CC2=O)cc1)OC1CCCCC1. The summed E-state index contributed by atoms with van der Waals surface area (Å²) in [6.07, 6.45) is 6.29. The van der Waals surface area contributed by atoms with Gasteiger partial charge in [0.2, 0.25) is 5.91 Å². The number of rotatable bonds is 9. The molecule has 0 bridgehead atoms. The lowest BCUT2D eigenvalue weighted by Crippen LogP contribution is -2.56. The average molecular weight is 550 g/mol. The van der Waals surface area contributed by atoms with Crippen molar-refractivity contribution < 1.29 is 33.4 Å². The third-order valence-electron chi connectivity index (χ3n) is 7.48. The summed E-state index contributed by atoms with van der Waals surface area (Å²) in [5, 5.41) is 0. The maximum atomic E-state index is 12.8. The molecule has 1 aromatic carbocycles. The fourth-order valence-electron chi connectivity index (χ4n) is 5.30. The van der Waals surface area contributed by atoms with Crippen LogP contribution in [0.4, 0.5) is 4.79 Å². The van der Waals surface area contributed by atoms with E-state index in [-0.39, 0.29) is 55.6 Å². The summed E-state index contributed by atoms with van der Waals surface area (Å²) in [6, 6.07) is 6.64. The molecule has 2 heterocycles. The number of carbonyl (C=O) groups is 4. The molecule has 3 aliphatic rings. The number of benzene rings is 1. The summed E-state index contributed by atoms with van der Waals surface area (Å²) in [7, 11) is 0. The molecule has 2 aliphatic heterocycles. The van der Waals surface area contributed by atoms with Crippen molar-refractivity contribution in [3.05, 3.63) is 29.8 Å². The van der Waals surface area contributed by atoms with Gasteiger partial charge in [0.15, 0.2) is 18.5 Å². The van der Waals surface area contributed by atoms with Crippen LogP contribution in [-0.2, 0) is 19.1 Å². The van der Waals surface area contributed by atoms with Crippen molar-refractivity contribution in [2.75, 3.05) is 51.9 Å². The van der Waals surface area contributed by atoms with Crippen LogP contribution in [0.15, 0.2) is 24.3 Å². The van der Waals surface area contributed by atoms with Gasteiger partial charge in [-0.15, -0.1) is 0 Å². The number of Topliss-reactive ketones (excluding diaryl/α,β-unsaturated/α-hetero) is 1. The maximum Gasteiger partial charge on any atom is 0.410 e. The third kappa shape index (κ3) is 7.83. The number of hydrogen-bond donors (Lipinski definition) is 0. The molecule has 10 nitrogen and oxygen atoms in total. The Morgan fingerprint density at radius 2 is 1.63 bits per heavy atom. The highest BCUT2D eigenvalue weighted by Crippen LogP contribution is 2.22. The molecule has 0 atom stereocenters. The predicted octanol–water partition coefficient (Wildman–Crippen LogP) is 3.07. The molecule has 0 radical (unpaired) electrons. The fraction of sp³-hybridized carbons (Fsp3) is 0.630. The Hall–Kier alpha value is -2.85. The first-order valence-electron chi connectivity index (χ1n) is 13.4. The highest BCUT2D eigenvalue weighted by atomic mass is 35.5. The van der Waals surface area contributed by atoms with Gasteiger partial charge in [-0.25, -0.2) is 9.59 Å². The number of carbonyl (C=O) groups excluding carboxylic acids is 4. The number of piperidine rings is 1. The summed E-state index contributed by atoms with van der Waals surface area (Å²) in [4.78, 5) is 54.8. The van der Waals surface area contributed by atoms with E-state index >= 15 is 0 Å². The zero-order valence-corrected chi connectivity index (χ0v) is 22.4. The number of piperazine rings is 1. The number of esters is 1. The zero-order valence-electron chi connectivity index (χ0n) is 21.6. The minimum Gasteiger partial charge on any atom is -0.482 e. The number of ether oxygens (including phenoxy) is 3. The molecule has 1 aromatic rings. The molecule has 1 saturated carbocycles. The molecular formula is C27H36ClN3O7. The van der Waals surface area contributed by atoms with E-state index in [1.807, 2.05) is 0 Å². The van der Waals surface area contributed by atoms with Crippen LogP contribution in [0.1, 0.15) is 55.3 Å². The van der Waals surface area contributed by atoms with Gasteiger partial charge in [0.05, 0.1) is 13.1 Å². The van der Waals surface area contributed by atoms with E-state index in [2.05, 4.69) is 4.90 Å². The van der Waals surface area contributed by atoms with Gasteiger partial charge in [-0.2, -0.15) is 0 Å². The van der Waals surface area contributed by atoms with E-state index in [1.54, 1.807) is 34.1 Å². The minimum absolute atomic E-state index is 0.00975. The molecule has 4 rings (SSSR count). The Kier molecular flexibility index (Phi) is 10.2. The number of likely N-dealkylation sites (tertiary alicyclic amines) is 1. The van der Waals surface area contributed by atoms with Crippen LogP contribution in [-0.4, -0.2) is 103 Å². The van der Waals surface area contributed by atoms with Gasteiger partial charge < -0.3 is 24.0 Å². The minimum atomic E-state index is -0.408. The largest absolute Gasteiger partial charge is 0.482 e. The topological polar surface area (TPSA) is 106 Å². The molecule has 1 aliphatic carbocycles. The van der Waals surface area contributed by atoms with Gasteiger partial charge in [-0.3, -0.25) is 14.5 Å². The summed E-state index contributed by atoms with van der Waals surface area (Å²) >= 11 is 5.46. The van der Waals surface area contributed by atoms with Crippen LogP contribution < -0.4 is 4.74 Å². The van der Waals surface area contributed by atoms with E-state index < -0.39 is 6.09 Å². The lowest BCUT2D eigenvalue weighted by Gasteiger charge is -2.41. The molecule has 2 amide bonds. The average Bonchev–Trinajstić information content (AvgIpc) is 2.94. The third-order valence-corrected chi connectivity index (χ3v) is 7.59. The second kappa shape index (κ2) is 13.8. The van der Waals surface area contributed by atoms with E-state index in [0.717, 1.165) is 38.5 Å². The Morgan fingerprint density at radius 1 is 0.921 bits per heavy atom. The number of amides is 2. The number of halogens is 1. The molecule has 0 N–H and O–H groups in total. The fourth-order valence-corrected chi connectivity index (χ4v) is 5.40. The first-order chi connectivity index (χ1) is 18.4. The Morgan fingerprint density at radius 3 is 2.29 bits per heavy atom. The summed E-state index contributed by atoms with van der Waals surface area (Å²) in [6.45, 7) is 2.39. The highest BCUT2D eigenvalue weighted by molar-refractivity contribution is 6.17. The van der Waals surface area contributed by atoms with E-state index in [4.69, 9.17) is 25.8 Å². The van der Waals surface area contributed by atoms with Crippen molar-refractivity contribution in [3.63, 3.8) is 0 Å². The smallest absolute Gasteiger partial charge is 0.410 e. The Balaban J connectivity index is 1.18. The number of hydrogen-bond acceptors (Lipinski definition) is 8. The Bertz CT molecular complexity index is 975. The molecule has 208 valence electrons. The Labute approximate surface area is 228 Å². The second-order valence-electron chi connectivity index (χ2n) is 10.0. The summed E-state index contributed by atoms with van der Waals surface area (Å²) in [5.41, 5.74) is 0.480. The first-order valence-corrected chi connectivity index (χ1v) is 13.9. The summed E-state index contributed by atoms with van der Waals surface area (Å²) < 4.78 is 15.8. The number of alkyl halides is 1. The van der Waals surface area contributed by atoms with Gasteiger partial charge in [0.25, 0.3) is 0 Å².